The normalized spacial score (nSPS) is 10.8. The lowest BCUT2D eigenvalue weighted by atomic mass is 10.6. The van der Waals surface area contributed by atoms with E-state index < -0.39 is 0 Å². The molecule has 0 aromatic heterocycles. The van der Waals surface area contributed by atoms with Crippen LogP contribution in [0.5, 0.6) is 0 Å². The van der Waals surface area contributed by atoms with Gasteiger partial charge in [-0.15, -0.1) is 12.4 Å². The van der Waals surface area contributed by atoms with Gasteiger partial charge in [0, 0.05) is 0 Å². The SMILES string of the molecule is C[N+](C)(C)CO.Cl.c1cc2cc-2c1. The van der Waals surface area contributed by atoms with E-state index in [1.54, 1.807) is 0 Å². The van der Waals surface area contributed by atoms with Gasteiger partial charge in [-0.1, -0.05) is 18.2 Å². The third-order valence-electron chi connectivity index (χ3n) is 1.54. The molecule has 2 nitrogen and oxygen atoms in total. The van der Waals surface area contributed by atoms with Crippen molar-refractivity contribution in [1.82, 2.24) is 0 Å². The monoisotopic (exact) mass is 202 g/mol. The van der Waals surface area contributed by atoms with Gasteiger partial charge in [0.2, 0.25) is 0 Å². The highest BCUT2D eigenvalue weighted by Crippen LogP contribution is 2.32. The minimum absolute atomic E-state index is 0. The lowest BCUT2D eigenvalue weighted by Crippen LogP contribution is -2.34. The van der Waals surface area contributed by atoms with Crippen LogP contribution in [0.25, 0.3) is 11.1 Å². The molecule has 2 aliphatic carbocycles. The third kappa shape index (κ3) is 4.88. The van der Waals surface area contributed by atoms with E-state index in [1.165, 1.54) is 11.1 Å². The highest BCUT2D eigenvalue weighted by atomic mass is 35.5. The van der Waals surface area contributed by atoms with Crippen LogP contribution in [0.4, 0.5) is 0 Å². The summed E-state index contributed by atoms with van der Waals surface area (Å²) in [7, 11) is 5.79. The number of halogens is 1. The predicted octanol–water partition coefficient (Wildman–Crippen LogP) is 1.73. The minimum Gasteiger partial charge on any atom is -0.347 e. The number of hydrogen-bond acceptors (Lipinski definition) is 1. The summed E-state index contributed by atoms with van der Waals surface area (Å²) in [6, 6.07) is 8.48. The highest BCUT2D eigenvalue weighted by Gasteiger charge is 2.06. The zero-order chi connectivity index (χ0) is 9.19. The Morgan fingerprint density at radius 3 is 1.62 bits per heavy atom. The van der Waals surface area contributed by atoms with Crippen molar-refractivity contribution in [2.75, 3.05) is 27.9 Å². The standard InChI is InChI=1S/C6H4.C4H12NO.ClH/c1-2-5-4-6(5)3-1;1-5(2,3)4-6;/h1-4H;6H,4H2,1-3H3;1H/q;+1;. The van der Waals surface area contributed by atoms with Crippen LogP contribution in [-0.4, -0.2) is 37.5 Å². The number of quaternary nitrogens is 1. The number of aliphatic hydroxyl groups is 1. The van der Waals surface area contributed by atoms with E-state index in [4.69, 9.17) is 5.11 Å². The molecule has 0 amide bonds. The van der Waals surface area contributed by atoms with Gasteiger partial charge < -0.3 is 9.59 Å². The Bertz CT molecular complexity index is 251. The second kappa shape index (κ2) is 4.61. The Balaban J connectivity index is 0.000000206. The fourth-order valence-electron chi connectivity index (χ4n) is 0.676. The maximum atomic E-state index is 8.38. The number of nitrogens with zero attached hydrogens (tertiary/aromatic N) is 1. The van der Waals surface area contributed by atoms with E-state index in [2.05, 4.69) is 24.3 Å². The molecule has 74 valence electrons. The fraction of sp³-hybridized carbons (Fsp3) is 0.400. The van der Waals surface area contributed by atoms with Crippen LogP contribution in [0, 0.1) is 0 Å². The first kappa shape index (κ1) is 12.4. The topological polar surface area (TPSA) is 20.2 Å². The van der Waals surface area contributed by atoms with Crippen molar-refractivity contribution in [1.29, 1.82) is 0 Å². The Morgan fingerprint density at radius 1 is 1.15 bits per heavy atom. The van der Waals surface area contributed by atoms with Crippen LogP contribution in [0.1, 0.15) is 0 Å². The summed E-state index contributed by atoms with van der Waals surface area (Å²) < 4.78 is 0.625. The molecule has 0 unspecified atom stereocenters. The number of fused-ring (bicyclic) bond motifs is 1. The molecule has 0 fully saturated rings. The van der Waals surface area contributed by atoms with Gasteiger partial charge >= 0.3 is 0 Å². The summed E-state index contributed by atoms with van der Waals surface area (Å²) in [5.74, 6) is 0. The van der Waals surface area contributed by atoms with Crippen LogP contribution in [0.3, 0.4) is 0 Å². The summed E-state index contributed by atoms with van der Waals surface area (Å²) >= 11 is 0. The highest BCUT2D eigenvalue weighted by molar-refractivity contribution is 5.85. The van der Waals surface area contributed by atoms with Crippen LogP contribution in [-0.2, 0) is 0 Å². The summed E-state index contributed by atoms with van der Waals surface area (Å²) in [5.41, 5.74) is 2.85. The Hall–Kier alpha value is -0.570. The van der Waals surface area contributed by atoms with Crippen molar-refractivity contribution in [2.45, 2.75) is 0 Å². The Labute approximate surface area is 85.8 Å². The van der Waals surface area contributed by atoms with Gasteiger partial charge in [0.05, 0.1) is 21.1 Å². The predicted molar refractivity (Wildman–Crippen MR) is 57.8 cm³/mol. The Morgan fingerprint density at radius 2 is 1.54 bits per heavy atom. The summed E-state index contributed by atoms with van der Waals surface area (Å²) in [6.45, 7) is 0.208. The maximum Gasteiger partial charge on any atom is 0.179 e. The number of aliphatic hydroxyl groups excluding tert-OH is 1. The molecule has 0 aromatic carbocycles. The van der Waals surface area contributed by atoms with E-state index in [9.17, 15) is 0 Å². The van der Waals surface area contributed by atoms with Gasteiger partial charge in [-0.25, -0.2) is 0 Å². The molecule has 0 aromatic rings. The molecule has 1 N–H and O–H groups in total. The third-order valence-corrected chi connectivity index (χ3v) is 1.54. The molecule has 2 rings (SSSR count). The number of rotatable bonds is 1. The first-order valence-electron chi connectivity index (χ1n) is 4.05. The maximum absolute atomic E-state index is 8.38. The first-order valence-corrected chi connectivity index (χ1v) is 4.05. The molecular formula is C10H17ClNO+. The molecule has 0 spiro atoms. The van der Waals surface area contributed by atoms with Gasteiger partial charge in [0.1, 0.15) is 0 Å². The van der Waals surface area contributed by atoms with Crippen molar-refractivity contribution in [3.8, 4) is 11.1 Å². The van der Waals surface area contributed by atoms with E-state index in [0.29, 0.717) is 4.48 Å². The van der Waals surface area contributed by atoms with Gasteiger partial charge in [0.25, 0.3) is 0 Å². The van der Waals surface area contributed by atoms with Crippen LogP contribution in [0.2, 0.25) is 0 Å². The van der Waals surface area contributed by atoms with E-state index in [-0.39, 0.29) is 19.1 Å². The molecule has 3 heteroatoms. The quantitative estimate of drug-likeness (QED) is 0.552. The molecular weight excluding hydrogens is 186 g/mol. The van der Waals surface area contributed by atoms with Crippen LogP contribution < -0.4 is 0 Å². The first-order chi connectivity index (χ1) is 5.53. The molecule has 0 heterocycles. The summed E-state index contributed by atoms with van der Waals surface area (Å²) in [4.78, 5) is 0. The molecule has 2 aliphatic rings. The summed E-state index contributed by atoms with van der Waals surface area (Å²) in [5, 5.41) is 8.38. The molecule has 0 bridgehead atoms. The molecule has 0 aliphatic heterocycles. The van der Waals surface area contributed by atoms with Crippen molar-refractivity contribution >= 4 is 12.4 Å². The Kier molecular flexibility index (Phi) is 4.40. The molecule has 13 heavy (non-hydrogen) atoms. The minimum atomic E-state index is 0. The number of benzene rings is 1. The molecule has 0 radical (unpaired) electrons. The molecule has 0 saturated carbocycles. The lowest BCUT2D eigenvalue weighted by Gasteiger charge is -2.19. The van der Waals surface area contributed by atoms with E-state index >= 15 is 0 Å². The van der Waals surface area contributed by atoms with Crippen molar-refractivity contribution in [3.63, 3.8) is 0 Å². The smallest absolute Gasteiger partial charge is 0.179 e. The van der Waals surface area contributed by atoms with Crippen molar-refractivity contribution in [2.24, 2.45) is 0 Å². The average Bonchev–Trinajstić information content (AvgIpc) is 2.60. The zero-order valence-corrected chi connectivity index (χ0v) is 9.14. The van der Waals surface area contributed by atoms with E-state index in [0.717, 1.165) is 0 Å². The largest absolute Gasteiger partial charge is 0.347 e. The number of hydrogen-bond donors (Lipinski definition) is 1. The summed E-state index contributed by atoms with van der Waals surface area (Å²) in [6.07, 6.45) is 0. The van der Waals surface area contributed by atoms with Crippen molar-refractivity contribution < 1.29 is 9.59 Å². The van der Waals surface area contributed by atoms with Crippen molar-refractivity contribution in [3.05, 3.63) is 24.3 Å². The van der Waals surface area contributed by atoms with Gasteiger partial charge in [0.15, 0.2) is 6.73 Å². The molecule has 0 saturated heterocycles. The lowest BCUT2D eigenvalue weighted by molar-refractivity contribution is -0.889. The van der Waals surface area contributed by atoms with Crippen LogP contribution >= 0.6 is 12.4 Å². The van der Waals surface area contributed by atoms with Gasteiger partial charge in [-0.2, -0.15) is 0 Å². The van der Waals surface area contributed by atoms with Gasteiger partial charge in [-0.3, -0.25) is 0 Å². The van der Waals surface area contributed by atoms with E-state index in [1.807, 2.05) is 21.1 Å². The van der Waals surface area contributed by atoms with Gasteiger partial charge in [-0.05, 0) is 17.2 Å². The second-order valence-corrected chi connectivity index (χ2v) is 4.01. The van der Waals surface area contributed by atoms with Crippen LogP contribution in [0.15, 0.2) is 24.3 Å². The fourth-order valence-corrected chi connectivity index (χ4v) is 0.676. The zero-order valence-electron chi connectivity index (χ0n) is 8.32. The second-order valence-electron chi connectivity index (χ2n) is 4.01. The molecule has 0 atom stereocenters. The average molecular weight is 203 g/mol.